The van der Waals surface area contributed by atoms with Crippen molar-refractivity contribution in [1.29, 1.82) is 0 Å². The Hall–Kier alpha value is -8.51. The minimum absolute atomic E-state index is 0.580. The summed E-state index contributed by atoms with van der Waals surface area (Å²) in [5, 5.41) is 15.5. The first kappa shape index (κ1) is 38.7. The molecule has 13 aromatic rings. The number of fused-ring (bicyclic) bond motifs is 11. The average Bonchev–Trinajstić information content (AvgIpc) is 3.84. The summed E-state index contributed by atoms with van der Waals surface area (Å²) in [5.74, 6) is 1.84. The standard InChI is InChI=1S/C63H42N4Si/c1-68(2)57-34-32-43(35-53(57)54-38-52-42(37-58(54)68)30-29-39-17-9-10-22-45(39)52)59-48-24-11-13-26-50(48)60(51-27-14-12-25-49(51)59)44-31-33-47-46-23-15-16-28-55(46)67(56(47)36-44)63-65-61(40-18-5-3-6-19-40)64-62(66-63)41-20-7-4-8-21-41/h3-38H,1-2H3. The third kappa shape index (κ3) is 5.76. The van der Waals surface area contributed by atoms with Crippen molar-refractivity contribution in [3.05, 3.63) is 218 Å². The van der Waals surface area contributed by atoms with E-state index in [2.05, 4.69) is 200 Å². The summed E-state index contributed by atoms with van der Waals surface area (Å²) in [5.41, 5.74) is 11.6. The first-order valence-corrected chi connectivity index (χ1v) is 26.4. The maximum atomic E-state index is 5.24. The zero-order chi connectivity index (χ0) is 45.1. The molecule has 0 bridgehead atoms. The van der Waals surface area contributed by atoms with Gasteiger partial charge in [-0.2, -0.15) is 9.97 Å². The van der Waals surface area contributed by atoms with E-state index in [9.17, 15) is 0 Å². The molecule has 0 saturated heterocycles. The molecule has 0 saturated carbocycles. The smallest absolute Gasteiger partial charge is 0.238 e. The molecule has 11 aromatic carbocycles. The summed E-state index contributed by atoms with van der Waals surface area (Å²) < 4.78 is 2.23. The fourth-order valence-corrected chi connectivity index (χ4v) is 14.5. The Bertz CT molecular complexity index is 4120. The minimum Gasteiger partial charge on any atom is -0.278 e. The Morgan fingerprint density at radius 3 is 1.47 bits per heavy atom. The second-order valence-corrected chi connectivity index (χ2v) is 23.1. The van der Waals surface area contributed by atoms with E-state index < -0.39 is 8.07 Å². The summed E-state index contributed by atoms with van der Waals surface area (Å²) in [4.78, 5) is 15.5. The van der Waals surface area contributed by atoms with E-state index in [4.69, 9.17) is 15.0 Å². The topological polar surface area (TPSA) is 43.6 Å². The summed E-state index contributed by atoms with van der Waals surface area (Å²) >= 11 is 0. The molecule has 1 aliphatic heterocycles. The van der Waals surface area contributed by atoms with Crippen molar-refractivity contribution in [2.45, 2.75) is 13.1 Å². The van der Waals surface area contributed by atoms with Crippen molar-refractivity contribution in [2.75, 3.05) is 0 Å². The maximum absolute atomic E-state index is 5.24. The minimum atomic E-state index is -1.97. The molecule has 0 amide bonds. The predicted molar refractivity (Wildman–Crippen MR) is 288 cm³/mol. The number of rotatable bonds is 5. The molecule has 3 heterocycles. The Labute approximate surface area is 394 Å². The van der Waals surface area contributed by atoms with Gasteiger partial charge in [-0.15, -0.1) is 0 Å². The van der Waals surface area contributed by atoms with Crippen LogP contribution in [0.5, 0.6) is 0 Å². The summed E-state index contributed by atoms with van der Waals surface area (Å²) in [6.07, 6.45) is 0. The molecule has 1 aliphatic rings. The van der Waals surface area contributed by atoms with Crippen LogP contribution >= 0.6 is 0 Å². The number of aromatic nitrogens is 4. The van der Waals surface area contributed by atoms with Crippen LogP contribution in [-0.4, -0.2) is 27.6 Å². The molecule has 2 aromatic heterocycles. The molecular formula is C63H42N4Si. The Kier molecular flexibility index (Phi) is 8.40. The van der Waals surface area contributed by atoms with Gasteiger partial charge in [-0.25, -0.2) is 4.98 Å². The van der Waals surface area contributed by atoms with Crippen LogP contribution in [-0.2, 0) is 0 Å². The molecule has 0 aliphatic carbocycles. The van der Waals surface area contributed by atoms with Gasteiger partial charge >= 0.3 is 0 Å². The normalized spacial score (nSPS) is 13.0. The van der Waals surface area contributed by atoms with Gasteiger partial charge in [0.2, 0.25) is 5.95 Å². The van der Waals surface area contributed by atoms with E-state index in [1.807, 2.05) is 36.4 Å². The highest BCUT2D eigenvalue weighted by molar-refractivity contribution is 7.04. The molecule has 4 nitrogen and oxygen atoms in total. The molecule has 0 spiro atoms. The van der Waals surface area contributed by atoms with Crippen LogP contribution < -0.4 is 10.4 Å². The van der Waals surface area contributed by atoms with Crippen molar-refractivity contribution in [1.82, 2.24) is 19.5 Å². The first-order chi connectivity index (χ1) is 33.5. The Morgan fingerprint density at radius 1 is 0.324 bits per heavy atom. The van der Waals surface area contributed by atoms with Crippen LogP contribution in [0, 0.1) is 0 Å². The SMILES string of the molecule is C[Si]1(C)c2ccc(-c3c4ccccc4c(-c4ccc5c6ccccc6n(-c6nc(-c7ccccc7)nc(-c7ccccc7)n6)c5c4)c4ccccc34)cc2-c2cc3c(ccc4ccccc43)cc21. The monoisotopic (exact) mass is 882 g/mol. The largest absolute Gasteiger partial charge is 0.278 e. The van der Waals surface area contributed by atoms with E-state index in [-0.39, 0.29) is 0 Å². The second kappa shape index (κ2) is 14.7. The molecule has 68 heavy (non-hydrogen) atoms. The zero-order valence-corrected chi connectivity index (χ0v) is 38.6. The lowest BCUT2D eigenvalue weighted by atomic mass is 9.85. The zero-order valence-electron chi connectivity index (χ0n) is 37.6. The molecule has 5 heteroatoms. The molecule has 0 unspecified atom stereocenters. The highest BCUT2D eigenvalue weighted by Crippen LogP contribution is 2.46. The number of hydrogen-bond donors (Lipinski definition) is 0. The molecule has 0 N–H and O–H groups in total. The highest BCUT2D eigenvalue weighted by Gasteiger charge is 2.38. The Balaban J connectivity index is 0.992. The van der Waals surface area contributed by atoms with Gasteiger partial charge in [0, 0.05) is 21.9 Å². The number of hydrogen-bond acceptors (Lipinski definition) is 3. The summed E-state index contributed by atoms with van der Waals surface area (Å²) in [6, 6.07) is 79.7. The summed E-state index contributed by atoms with van der Waals surface area (Å²) in [7, 11) is -1.97. The lowest BCUT2D eigenvalue weighted by Crippen LogP contribution is -2.49. The summed E-state index contributed by atoms with van der Waals surface area (Å²) in [6.45, 7) is 5.04. The number of benzene rings is 11. The lowest BCUT2D eigenvalue weighted by Gasteiger charge is -2.20. The fourth-order valence-electron chi connectivity index (χ4n) is 11.4. The van der Waals surface area contributed by atoms with Crippen molar-refractivity contribution >= 4 is 83.3 Å². The van der Waals surface area contributed by atoms with Crippen molar-refractivity contribution < 1.29 is 0 Å². The second-order valence-electron chi connectivity index (χ2n) is 18.7. The third-order valence-corrected chi connectivity index (χ3v) is 18.2. The van der Waals surface area contributed by atoms with Crippen LogP contribution in [0.2, 0.25) is 13.1 Å². The number of nitrogens with zero attached hydrogens (tertiary/aromatic N) is 4. The lowest BCUT2D eigenvalue weighted by molar-refractivity contribution is 0.953. The van der Waals surface area contributed by atoms with Gasteiger partial charge in [-0.3, -0.25) is 4.57 Å². The Morgan fingerprint density at radius 2 is 0.824 bits per heavy atom. The van der Waals surface area contributed by atoms with Crippen LogP contribution in [0.1, 0.15) is 0 Å². The molecule has 0 fully saturated rings. The molecule has 0 atom stereocenters. The predicted octanol–water partition coefficient (Wildman–Crippen LogP) is 15.1. The van der Waals surface area contributed by atoms with E-state index in [0.29, 0.717) is 17.6 Å². The van der Waals surface area contributed by atoms with Gasteiger partial charge < -0.3 is 0 Å². The van der Waals surface area contributed by atoms with E-state index in [0.717, 1.165) is 38.5 Å². The number of para-hydroxylation sites is 1. The van der Waals surface area contributed by atoms with Crippen LogP contribution in [0.4, 0.5) is 0 Å². The van der Waals surface area contributed by atoms with E-state index in [1.165, 1.54) is 81.3 Å². The van der Waals surface area contributed by atoms with Gasteiger partial charge in [0.05, 0.1) is 11.0 Å². The van der Waals surface area contributed by atoms with E-state index in [1.54, 1.807) is 0 Å². The molecule has 0 radical (unpaired) electrons. The highest BCUT2D eigenvalue weighted by atomic mass is 28.3. The van der Waals surface area contributed by atoms with Crippen LogP contribution in [0.3, 0.4) is 0 Å². The van der Waals surface area contributed by atoms with Gasteiger partial charge in [-0.05, 0) is 111 Å². The molecule has 14 rings (SSSR count). The molecular weight excluding hydrogens is 841 g/mol. The molecule has 318 valence electrons. The quantitative estimate of drug-likeness (QED) is 0.0983. The van der Waals surface area contributed by atoms with Crippen molar-refractivity contribution in [3.63, 3.8) is 0 Å². The van der Waals surface area contributed by atoms with Gasteiger partial charge in [0.15, 0.2) is 11.6 Å². The van der Waals surface area contributed by atoms with E-state index >= 15 is 0 Å². The van der Waals surface area contributed by atoms with Crippen LogP contribution in [0.15, 0.2) is 218 Å². The maximum Gasteiger partial charge on any atom is 0.238 e. The first-order valence-electron chi connectivity index (χ1n) is 23.4. The van der Waals surface area contributed by atoms with Crippen molar-refractivity contribution in [3.8, 4) is 62.1 Å². The van der Waals surface area contributed by atoms with Gasteiger partial charge in [0.25, 0.3) is 0 Å². The van der Waals surface area contributed by atoms with Crippen LogP contribution in [0.25, 0.3) is 127 Å². The van der Waals surface area contributed by atoms with Gasteiger partial charge in [0.1, 0.15) is 8.07 Å². The average molecular weight is 883 g/mol. The fraction of sp³-hybridized carbons (Fsp3) is 0.0317. The third-order valence-electron chi connectivity index (χ3n) is 14.6. The van der Waals surface area contributed by atoms with Gasteiger partial charge in [-0.1, -0.05) is 207 Å². The van der Waals surface area contributed by atoms with Crippen molar-refractivity contribution in [2.24, 2.45) is 0 Å².